The molecular formula is C28H35F2NO4. The molecule has 0 radical (unpaired) electrons. The van der Waals surface area contributed by atoms with Gasteiger partial charge in [0.25, 0.3) is 5.91 Å². The highest BCUT2D eigenvalue weighted by molar-refractivity contribution is 5.94. The molecule has 0 aromatic heterocycles. The third-order valence-electron chi connectivity index (χ3n) is 7.00. The molecule has 2 fully saturated rings. The molecule has 2 aliphatic rings. The predicted octanol–water partition coefficient (Wildman–Crippen LogP) is 5.21. The number of aliphatic hydroxyl groups is 1. The Kier molecular flexibility index (Phi) is 7.60. The van der Waals surface area contributed by atoms with E-state index in [9.17, 15) is 18.7 Å². The first-order valence-corrected chi connectivity index (χ1v) is 12.4. The zero-order chi connectivity index (χ0) is 25.2. The summed E-state index contributed by atoms with van der Waals surface area (Å²) in [5, 5.41) is 9.98. The van der Waals surface area contributed by atoms with Gasteiger partial charge in [-0.15, -0.1) is 0 Å². The van der Waals surface area contributed by atoms with Crippen LogP contribution in [0.4, 0.5) is 8.78 Å². The molecule has 2 heterocycles. The number of carbonyl (C=O) groups excluding carboxylic acids is 1. The van der Waals surface area contributed by atoms with E-state index in [-0.39, 0.29) is 30.4 Å². The molecule has 190 valence electrons. The highest BCUT2D eigenvalue weighted by Crippen LogP contribution is 2.44. The van der Waals surface area contributed by atoms with Crippen molar-refractivity contribution in [2.24, 2.45) is 0 Å². The minimum Gasteiger partial charge on any atom is -0.390 e. The number of amides is 1. The van der Waals surface area contributed by atoms with Crippen LogP contribution in [0.25, 0.3) is 0 Å². The summed E-state index contributed by atoms with van der Waals surface area (Å²) in [7, 11) is 0. The summed E-state index contributed by atoms with van der Waals surface area (Å²) in [6, 6.07) is 10.9. The number of nitrogens with zero attached hydrogens (tertiary/aromatic N) is 1. The summed E-state index contributed by atoms with van der Waals surface area (Å²) in [4.78, 5) is 14.9. The normalized spacial score (nSPS) is 22.4. The Balaban J connectivity index is 1.44. The van der Waals surface area contributed by atoms with Crippen LogP contribution in [0, 0.1) is 11.6 Å². The van der Waals surface area contributed by atoms with Crippen LogP contribution >= 0.6 is 0 Å². The van der Waals surface area contributed by atoms with Gasteiger partial charge in [-0.1, -0.05) is 18.2 Å². The molecule has 7 heteroatoms. The fourth-order valence-corrected chi connectivity index (χ4v) is 5.29. The molecule has 4 rings (SSSR count). The first-order chi connectivity index (χ1) is 16.6. The number of hydrogen-bond donors (Lipinski definition) is 1. The number of carbonyl (C=O) groups is 1. The van der Waals surface area contributed by atoms with Crippen molar-refractivity contribution in [3.63, 3.8) is 0 Å². The summed E-state index contributed by atoms with van der Waals surface area (Å²) < 4.78 is 40.6. The Morgan fingerprint density at radius 2 is 1.86 bits per heavy atom. The largest absolute Gasteiger partial charge is 0.390 e. The molecule has 1 amide bonds. The number of rotatable bonds is 6. The quantitative estimate of drug-likeness (QED) is 0.608. The average Bonchev–Trinajstić information content (AvgIpc) is 2.80. The summed E-state index contributed by atoms with van der Waals surface area (Å²) in [6.07, 6.45) is 2.77. The molecule has 35 heavy (non-hydrogen) atoms. The first-order valence-electron chi connectivity index (χ1n) is 12.4. The number of halogens is 2. The number of piperidine rings is 1. The van der Waals surface area contributed by atoms with Gasteiger partial charge in [-0.3, -0.25) is 4.79 Å². The van der Waals surface area contributed by atoms with E-state index in [0.717, 1.165) is 12.0 Å². The van der Waals surface area contributed by atoms with Crippen LogP contribution in [0.2, 0.25) is 0 Å². The van der Waals surface area contributed by atoms with Crippen LogP contribution in [0.15, 0.2) is 42.5 Å². The van der Waals surface area contributed by atoms with Crippen molar-refractivity contribution in [3.05, 3.63) is 70.8 Å². The minimum atomic E-state index is -1.03. The number of ether oxygens (including phenoxy) is 2. The van der Waals surface area contributed by atoms with E-state index in [2.05, 4.69) is 0 Å². The van der Waals surface area contributed by atoms with Gasteiger partial charge in [0.15, 0.2) is 0 Å². The zero-order valence-electron chi connectivity index (χ0n) is 20.7. The summed E-state index contributed by atoms with van der Waals surface area (Å²) in [5.74, 6) is -0.971. The van der Waals surface area contributed by atoms with E-state index in [4.69, 9.17) is 9.47 Å². The first kappa shape index (κ1) is 25.7. The van der Waals surface area contributed by atoms with E-state index in [1.165, 1.54) is 18.2 Å². The lowest BCUT2D eigenvalue weighted by Crippen LogP contribution is -2.52. The van der Waals surface area contributed by atoms with Crippen molar-refractivity contribution < 1.29 is 28.2 Å². The smallest absolute Gasteiger partial charge is 0.253 e. The summed E-state index contributed by atoms with van der Waals surface area (Å²) in [5.41, 5.74) is 0.166. The van der Waals surface area contributed by atoms with Crippen LogP contribution in [0.5, 0.6) is 0 Å². The molecular weight excluding hydrogens is 452 g/mol. The van der Waals surface area contributed by atoms with Crippen LogP contribution in [0.1, 0.15) is 74.0 Å². The van der Waals surface area contributed by atoms with E-state index < -0.39 is 17.0 Å². The second-order valence-corrected chi connectivity index (χ2v) is 10.4. The van der Waals surface area contributed by atoms with Crippen molar-refractivity contribution >= 4 is 5.91 Å². The highest BCUT2D eigenvalue weighted by Gasteiger charge is 2.45. The van der Waals surface area contributed by atoms with Crippen LogP contribution in [-0.4, -0.2) is 52.9 Å². The monoisotopic (exact) mass is 487 g/mol. The highest BCUT2D eigenvalue weighted by atomic mass is 19.1. The maximum atomic E-state index is 14.6. The van der Waals surface area contributed by atoms with Gasteiger partial charge in [0.1, 0.15) is 11.6 Å². The molecule has 0 saturated carbocycles. The van der Waals surface area contributed by atoms with Gasteiger partial charge in [-0.05, 0) is 69.0 Å². The third kappa shape index (κ3) is 6.26. The Bertz CT molecular complexity index is 1030. The summed E-state index contributed by atoms with van der Waals surface area (Å²) in [6.45, 7) is 6.83. The van der Waals surface area contributed by atoms with Gasteiger partial charge in [0, 0.05) is 44.5 Å². The zero-order valence-corrected chi connectivity index (χ0v) is 20.7. The Morgan fingerprint density at radius 1 is 1.17 bits per heavy atom. The molecule has 2 aliphatic heterocycles. The van der Waals surface area contributed by atoms with Gasteiger partial charge in [-0.2, -0.15) is 0 Å². The molecule has 2 atom stereocenters. The second-order valence-electron chi connectivity index (χ2n) is 10.4. The fraction of sp³-hybridized carbons (Fsp3) is 0.536. The summed E-state index contributed by atoms with van der Waals surface area (Å²) >= 11 is 0. The fourth-order valence-electron chi connectivity index (χ4n) is 5.29. The van der Waals surface area contributed by atoms with Crippen LogP contribution in [-0.2, 0) is 15.9 Å². The van der Waals surface area contributed by atoms with E-state index in [1.54, 1.807) is 43.0 Å². The van der Waals surface area contributed by atoms with Crippen molar-refractivity contribution in [3.8, 4) is 0 Å². The molecule has 1 N–H and O–H groups in total. The van der Waals surface area contributed by atoms with Crippen LogP contribution in [0.3, 0.4) is 0 Å². The molecule has 2 aromatic carbocycles. The third-order valence-corrected chi connectivity index (χ3v) is 7.00. The second kappa shape index (κ2) is 10.3. The molecule has 1 spiro atoms. The number of likely N-dealkylation sites (tertiary alicyclic amines) is 1. The van der Waals surface area contributed by atoms with E-state index >= 15 is 0 Å². The maximum absolute atomic E-state index is 14.6. The molecule has 2 saturated heterocycles. The van der Waals surface area contributed by atoms with Crippen molar-refractivity contribution in [1.82, 2.24) is 4.90 Å². The minimum absolute atomic E-state index is 0.0310. The van der Waals surface area contributed by atoms with Gasteiger partial charge in [0.2, 0.25) is 0 Å². The Morgan fingerprint density at radius 3 is 2.46 bits per heavy atom. The standard InChI is InChI=1S/C28H35F2NO4/c1-4-34-23-16-25(19-7-9-22(29)10-8-19)35-28(18-23)11-13-31(14-12-28)26(32)20-5-6-21(24(30)15-20)17-27(2,3)33/h5-10,15,23,25,33H,4,11-14,16-18H2,1-3H3. The van der Waals surface area contributed by atoms with Crippen molar-refractivity contribution in [1.29, 1.82) is 0 Å². The SMILES string of the molecule is CCOC1CC(c2ccc(F)cc2)OC2(CCN(C(=O)c3ccc(CC(C)(C)O)c(F)c3)CC2)C1. The Labute approximate surface area is 206 Å². The molecule has 2 unspecified atom stereocenters. The topological polar surface area (TPSA) is 59.0 Å². The maximum Gasteiger partial charge on any atom is 0.253 e. The van der Waals surface area contributed by atoms with Gasteiger partial charge < -0.3 is 19.5 Å². The average molecular weight is 488 g/mol. The van der Waals surface area contributed by atoms with Crippen LogP contribution < -0.4 is 0 Å². The number of benzene rings is 2. The lowest BCUT2D eigenvalue weighted by molar-refractivity contribution is -0.190. The van der Waals surface area contributed by atoms with Crippen molar-refractivity contribution in [2.75, 3.05) is 19.7 Å². The van der Waals surface area contributed by atoms with E-state index in [1.807, 2.05) is 6.92 Å². The predicted molar refractivity (Wildman–Crippen MR) is 129 cm³/mol. The molecule has 5 nitrogen and oxygen atoms in total. The Hall–Kier alpha value is -2.35. The van der Waals surface area contributed by atoms with Gasteiger partial charge >= 0.3 is 0 Å². The van der Waals surface area contributed by atoms with Gasteiger partial charge in [0.05, 0.1) is 23.4 Å². The molecule has 0 bridgehead atoms. The van der Waals surface area contributed by atoms with Gasteiger partial charge in [-0.25, -0.2) is 8.78 Å². The number of hydrogen-bond acceptors (Lipinski definition) is 4. The lowest BCUT2D eigenvalue weighted by Gasteiger charge is -2.48. The molecule has 2 aromatic rings. The van der Waals surface area contributed by atoms with E-state index in [0.29, 0.717) is 50.1 Å². The molecule has 0 aliphatic carbocycles. The lowest BCUT2D eigenvalue weighted by atomic mass is 9.80. The van der Waals surface area contributed by atoms with Crippen molar-refractivity contribution in [2.45, 2.75) is 76.3 Å².